The molecule has 86 valence electrons. The fraction of sp³-hybridized carbons (Fsp3) is 0.429. The molecule has 0 aliphatic rings. The molecule has 1 heterocycles. The van der Waals surface area contributed by atoms with Gasteiger partial charge < -0.3 is 10.1 Å². The number of para-hydroxylation sites is 1. The van der Waals surface area contributed by atoms with Crippen LogP contribution in [0.5, 0.6) is 0 Å². The van der Waals surface area contributed by atoms with Gasteiger partial charge in [0, 0.05) is 23.7 Å². The van der Waals surface area contributed by atoms with Gasteiger partial charge in [-0.05, 0) is 30.9 Å². The number of hydrogen-bond donors (Lipinski definition) is 2. The van der Waals surface area contributed by atoms with Gasteiger partial charge in [-0.25, -0.2) is 0 Å². The van der Waals surface area contributed by atoms with Crippen molar-refractivity contribution >= 4 is 10.9 Å². The highest BCUT2D eigenvalue weighted by molar-refractivity contribution is 5.82. The molecule has 0 saturated carbocycles. The molecule has 0 saturated heterocycles. The number of nitrogens with one attached hydrogen (secondary N) is 1. The molecule has 16 heavy (non-hydrogen) atoms. The van der Waals surface area contributed by atoms with Crippen molar-refractivity contribution in [3.63, 3.8) is 0 Å². The summed E-state index contributed by atoms with van der Waals surface area (Å²) in [5.41, 5.74) is 2.65. The number of rotatable bonds is 6. The molecule has 1 aromatic carbocycles. The highest BCUT2D eigenvalue weighted by Crippen LogP contribution is 2.19. The lowest BCUT2D eigenvalue weighted by molar-refractivity contribution is 0.282. The lowest BCUT2D eigenvalue weighted by atomic mass is 10.1. The number of unbranched alkanes of at least 4 members (excludes halogenated alkanes) is 3. The van der Waals surface area contributed by atoms with Gasteiger partial charge >= 0.3 is 0 Å². The minimum Gasteiger partial charge on any atom is -0.396 e. The van der Waals surface area contributed by atoms with E-state index in [0.717, 1.165) is 19.3 Å². The second-order valence-corrected chi connectivity index (χ2v) is 4.25. The van der Waals surface area contributed by atoms with Crippen LogP contribution in [0.1, 0.15) is 31.2 Å². The SMILES string of the molecule is OCCCCCCc1c[nH]c2ccccc12. The summed E-state index contributed by atoms with van der Waals surface area (Å²) >= 11 is 0. The molecule has 0 bridgehead atoms. The maximum absolute atomic E-state index is 8.69. The Bertz CT molecular complexity index is 433. The third-order valence-electron chi connectivity index (χ3n) is 3.03. The molecule has 0 atom stereocenters. The summed E-state index contributed by atoms with van der Waals surface area (Å²) in [6.45, 7) is 0.326. The van der Waals surface area contributed by atoms with Gasteiger partial charge in [0.25, 0.3) is 0 Å². The molecule has 0 aliphatic heterocycles. The lowest BCUT2D eigenvalue weighted by Crippen LogP contribution is -1.86. The van der Waals surface area contributed by atoms with Crippen molar-refractivity contribution < 1.29 is 5.11 Å². The van der Waals surface area contributed by atoms with Crippen molar-refractivity contribution in [2.45, 2.75) is 32.1 Å². The molecular weight excluding hydrogens is 198 g/mol. The average molecular weight is 217 g/mol. The van der Waals surface area contributed by atoms with Crippen molar-refractivity contribution in [2.24, 2.45) is 0 Å². The van der Waals surface area contributed by atoms with E-state index in [2.05, 4.69) is 35.4 Å². The summed E-state index contributed by atoms with van der Waals surface area (Å²) in [5, 5.41) is 10.0. The smallest absolute Gasteiger partial charge is 0.0456 e. The molecule has 0 aliphatic carbocycles. The van der Waals surface area contributed by atoms with Crippen LogP contribution in [0.2, 0.25) is 0 Å². The quantitative estimate of drug-likeness (QED) is 0.716. The third-order valence-corrected chi connectivity index (χ3v) is 3.03. The Morgan fingerprint density at radius 1 is 1.00 bits per heavy atom. The van der Waals surface area contributed by atoms with Crippen LogP contribution in [0, 0.1) is 0 Å². The van der Waals surface area contributed by atoms with Crippen molar-refractivity contribution in [1.29, 1.82) is 0 Å². The topological polar surface area (TPSA) is 36.0 Å². The number of fused-ring (bicyclic) bond motifs is 1. The summed E-state index contributed by atoms with van der Waals surface area (Å²) in [6.07, 6.45) is 7.75. The fourth-order valence-electron chi connectivity index (χ4n) is 2.12. The highest BCUT2D eigenvalue weighted by Gasteiger charge is 2.01. The van der Waals surface area contributed by atoms with Gasteiger partial charge in [0.05, 0.1) is 0 Å². The van der Waals surface area contributed by atoms with Gasteiger partial charge in [0.1, 0.15) is 0 Å². The molecule has 0 spiro atoms. The number of aromatic amines is 1. The predicted molar refractivity (Wildman–Crippen MR) is 67.6 cm³/mol. The van der Waals surface area contributed by atoms with Crippen molar-refractivity contribution in [2.75, 3.05) is 6.61 Å². The summed E-state index contributed by atoms with van der Waals surface area (Å²) in [5.74, 6) is 0. The van der Waals surface area contributed by atoms with Crippen LogP contribution in [0.3, 0.4) is 0 Å². The van der Waals surface area contributed by atoms with Crippen molar-refractivity contribution in [3.05, 3.63) is 36.0 Å². The van der Waals surface area contributed by atoms with Crippen LogP contribution in [0.15, 0.2) is 30.5 Å². The number of aromatic nitrogens is 1. The summed E-state index contributed by atoms with van der Waals surface area (Å²) in [7, 11) is 0. The molecule has 2 aromatic rings. The van der Waals surface area contributed by atoms with E-state index in [1.165, 1.54) is 29.3 Å². The van der Waals surface area contributed by atoms with Gasteiger partial charge in [-0.1, -0.05) is 31.0 Å². The maximum atomic E-state index is 8.69. The van der Waals surface area contributed by atoms with E-state index in [9.17, 15) is 0 Å². The minimum absolute atomic E-state index is 0.326. The van der Waals surface area contributed by atoms with Crippen LogP contribution in [0.4, 0.5) is 0 Å². The molecular formula is C14H19NO. The molecule has 0 unspecified atom stereocenters. The first-order chi connectivity index (χ1) is 7.92. The van der Waals surface area contributed by atoms with Crippen LogP contribution in [-0.4, -0.2) is 16.7 Å². The standard InChI is InChI=1S/C14H19NO/c16-10-6-2-1-3-7-12-11-15-14-9-5-4-8-13(12)14/h4-5,8-9,11,15-16H,1-3,6-7,10H2. The van der Waals surface area contributed by atoms with Crippen LogP contribution in [-0.2, 0) is 6.42 Å². The number of aliphatic hydroxyl groups excluding tert-OH is 1. The van der Waals surface area contributed by atoms with Crippen LogP contribution < -0.4 is 0 Å². The van der Waals surface area contributed by atoms with Crippen molar-refractivity contribution in [1.82, 2.24) is 4.98 Å². The minimum atomic E-state index is 0.326. The summed E-state index contributed by atoms with van der Waals surface area (Å²) < 4.78 is 0. The number of hydrogen-bond acceptors (Lipinski definition) is 1. The molecule has 2 rings (SSSR count). The Hall–Kier alpha value is -1.28. The first-order valence-corrected chi connectivity index (χ1v) is 6.07. The average Bonchev–Trinajstić information content (AvgIpc) is 2.73. The Morgan fingerprint density at radius 2 is 1.81 bits per heavy atom. The first-order valence-electron chi connectivity index (χ1n) is 6.07. The monoisotopic (exact) mass is 217 g/mol. The Morgan fingerprint density at radius 3 is 2.69 bits per heavy atom. The third kappa shape index (κ3) is 2.64. The summed E-state index contributed by atoms with van der Waals surface area (Å²) in [6, 6.07) is 8.44. The van der Waals surface area contributed by atoms with Crippen LogP contribution >= 0.6 is 0 Å². The molecule has 0 fully saturated rings. The molecule has 0 amide bonds. The van der Waals surface area contributed by atoms with Crippen LogP contribution in [0.25, 0.3) is 10.9 Å². The van der Waals surface area contributed by atoms with Gasteiger partial charge in [-0.15, -0.1) is 0 Å². The molecule has 2 N–H and O–H groups in total. The molecule has 2 heteroatoms. The fourth-order valence-corrected chi connectivity index (χ4v) is 2.12. The Labute approximate surface area is 96.3 Å². The highest BCUT2D eigenvalue weighted by atomic mass is 16.2. The Kier molecular flexibility index (Phi) is 4.00. The normalized spacial score (nSPS) is 11.1. The zero-order valence-electron chi connectivity index (χ0n) is 9.58. The molecule has 1 aromatic heterocycles. The van der Waals surface area contributed by atoms with Gasteiger partial charge in [-0.3, -0.25) is 0 Å². The van der Waals surface area contributed by atoms with E-state index in [-0.39, 0.29) is 0 Å². The van der Waals surface area contributed by atoms with Gasteiger partial charge in [0.2, 0.25) is 0 Å². The van der Waals surface area contributed by atoms with Gasteiger partial charge in [0.15, 0.2) is 0 Å². The predicted octanol–water partition coefficient (Wildman–Crippen LogP) is 3.26. The zero-order chi connectivity index (χ0) is 11.2. The second kappa shape index (κ2) is 5.71. The Balaban J connectivity index is 1.89. The zero-order valence-corrected chi connectivity index (χ0v) is 9.58. The molecule has 0 radical (unpaired) electrons. The summed E-state index contributed by atoms with van der Waals surface area (Å²) in [4.78, 5) is 3.30. The number of benzene rings is 1. The number of aryl methyl sites for hydroxylation is 1. The second-order valence-electron chi connectivity index (χ2n) is 4.25. The number of H-pyrrole nitrogens is 1. The van der Waals surface area contributed by atoms with E-state index in [0.29, 0.717) is 6.61 Å². The number of aliphatic hydroxyl groups is 1. The van der Waals surface area contributed by atoms with E-state index in [4.69, 9.17) is 5.11 Å². The maximum Gasteiger partial charge on any atom is 0.0456 e. The largest absolute Gasteiger partial charge is 0.396 e. The van der Waals surface area contributed by atoms with E-state index in [1.807, 2.05) is 0 Å². The lowest BCUT2D eigenvalue weighted by Gasteiger charge is -1.99. The first kappa shape index (κ1) is 11.2. The van der Waals surface area contributed by atoms with E-state index >= 15 is 0 Å². The van der Waals surface area contributed by atoms with E-state index in [1.54, 1.807) is 0 Å². The van der Waals surface area contributed by atoms with Gasteiger partial charge in [-0.2, -0.15) is 0 Å². The molecule has 2 nitrogen and oxygen atoms in total. The van der Waals surface area contributed by atoms with E-state index < -0.39 is 0 Å². The van der Waals surface area contributed by atoms with Crippen molar-refractivity contribution in [3.8, 4) is 0 Å².